The molecule has 3 aliphatic carbocycles. The van der Waals surface area contributed by atoms with Crippen molar-refractivity contribution >= 4 is 11.7 Å². The Labute approximate surface area is 241 Å². The van der Waals surface area contributed by atoms with Crippen molar-refractivity contribution in [3.8, 4) is 6.07 Å². The van der Waals surface area contributed by atoms with E-state index >= 15 is 0 Å². The van der Waals surface area contributed by atoms with Crippen molar-refractivity contribution in [2.24, 2.45) is 23.2 Å². The quantitative estimate of drug-likeness (QED) is 0.312. The SMILES string of the molecule is CC1(C)C2CCC(CN3C(=O)C(Cc4ccncc4)(Cc4ccncc4)N/C3=C\C(=O)c3ccc(C#N)cc3)C1C2. The van der Waals surface area contributed by atoms with Crippen molar-refractivity contribution in [2.45, 2.75) is 51.5 Å². The van der Waals surface area contributed by atoms with E-state index in [1.807, 2.05) is 29.2 Å². The molecule has 3 saturated carbocycles. The van der Waals surface area contributed by atoms with Crippen molar-refractivity contribution < 1.29 is 9.59 Å². The Morgan fingerprint density at radius 2 is 1.61 bits per heavy atom. The van der Waals surface area contributed by atoms with Crippen molar-refractivity contribution in [3.05, 3.63) is 107 Å². The molecule has 7 heteroatoms. The molecule has 0 radical (unpaired) electrons. The highest BCUT2D eigenvalue weighted by molar-refractivity contribution is 6.06. The zero-order valence-electron chi connectivity index (χ0n) is 23.6. The monoisotopic (exact) mass is 545 g/mol. The second-order valence-corrected chi connectivity index (χ2v) is 12.5. The normalized spacial score (nSPS) is 24.8. The standard InChI is InChI=1S/C34H35N5O2/c1-33(2)28-8-7-27(29(33)17-28)22-39-31(18-30(40)26-5-3-25(21-35)4-6-26)38-34(32(39)41,19-23-9-13-36-14-10-23)20-24-11-15-37-16-12-24/h3-6,9-16,18,27-29,38H,7-8,17,19-20,22H2,1-2H3/b31-18+. The maximum Gasteiger partial charge on any atom is 0.254 e. The highest BCUT2D eigenvalue weighted by atomic mass is 16.2. The molecule has 4 aliphatic rings. The molecule has 1 aliphatic heterocycles. The van der Waals surface area contributed by atoms with Gasteiger partial charge in [0.2, 0.25) is 0 Å². The molecule has 1 amide bonds. The van der Waals surface area contributed by atoms with Gasteiger partial charge < -0.3 is 5.32 Å². The van der Waals surface area contributed by atoms with Gasteiger partial charge in [-0.1, -0.05) is 13.8 Å². The van der Waals surface area contributed by atoms with Gasteiger partial charge in [-0.15, -0.1) is 0 Å². The zero-order chi connectivity index (χ0) is 28.6. The Kier molecular flexibility index (Phi) is 6.94. The number of carbonyl (C=O) groups excluding carboxylic acids is 2. The van der Waals surface area contributed by atoms with Crippen molar-refractivity contribution in [1.82, 2.24) is 20.2 Å². The average Bonchev–Trinajstić information content (AvgIpc) is 3.23. The van der Waals surface area contributed by atoms with E-state index in [4.69, 9.17) is 5.26 Å². The summed E-state index contributed by atoms with van der Waals surface area (Å²) in [6.45, 7) is 5.32. The summed E-state index contributed by atoms with van der Waals surface area (Å²) in [5.74, 6) is 2.05. The molecule has 3 atom stereocenters. The molecule has 1 N–H and O–H groups in total. The lowest BCUT2D eigenvalue weighted by molar-refractivity contribution is -0.137. The number of nitrogens with one attached hydrogen (secondary N) is 1. The van der Waals surface area contributed by atoms with Crippen LogP contribution in [0.5, 0.6) is 0 Å². The van der Waals surface area contributed by atoms with Crippen LogP contribution < -0.4 is 5.32 Å². The van der Waals surface area contributed by atoms with Crippen LogP contribution in [0.15, 0.2) is 85.2 Å². The van der Waals surface area contributed by atoms with Crippen molar-refractivity contribution in [2.75, 3.05) is 6.54 Å². The molecule has 41 heavy (non-hydrogen) atoms. The minimum absolute atomic E-state index is 0.00995. The fraction of sp³-hybridized carbons (Fsp3) is 0.382. The number of ketones is 1. The predicted octanol–water partition coefficient (Wildman–Crippen LogP) is 5.10. The summed E-state index contributed by atoms with van der Waals surface area (Å²) in [7, 11) is 0. The molecule has 3 heterocycles. The van der Waals surface area contributed by atoms with Crippen LogP contribution in [0.2, 0.25) is 0 Å². The van der Waals surface area contributed by atoms with Gasteiger partial charge in [0.05, 0.1) is 11.6 Å². The van der Waals surface area contributed by atoms with Gasteiger partial charge >= 0.3 is 0 Å². The van der Waals surface area contributed by atoms with E-state index < -0.39 is 5.54 Å². The molecule has 7 nitrogen and oxygen atoms in total. The predicted molar refractivity (Wildman–Crippen MR) is 155 cm³/mol. The number of hydrogen-bond donors (Lipinski definition) is 1. The van der Waals surface area contributed by atoms with E-state index in [-0.39, 0.29) is 17.1 Å². The first-order valence-corrected chi connectivity index (χ1v) is 14.4. The van der Waals surface area contributed by atoms with E-state index in [0.717, 1.165) is 23.5 Å². The van der Waals surface area contributed by atoms with Crippen LogP contribution in [-0.2, 0) is 17.6 Å². The number of benzene rings is 1. The van der Waals surface area contributed by atoms with Crippen molar-refractivity contribution in [1.29, 1.82) is 5.26 Å². The number of carbonyl (C=O) groups is 2. The smallest absolute Gasteiger partial charge is 0.254 e. The summed E-state index contributed by atoms with van der Waals surface area (Å²) in [6.07, 6.45) is 13.0. The largest absolute Gasteiger partial charge is 0.357 e. The Balaban J connectivity index is 1.38. The van der Waals surface area contributed by atoms with Crippen molar-refractivity contribution in [3.63, 3.8) is 0 Å². The molecule has 2 aromatic heterocycles. The molecule has 208 valence electrons. The minimum Gasteiger partial charge on any atom is -0.357 e. The number of allylic oxidation sites excluding steroid dienone is 1. The molecular weight excluding hydrogens is 510 g/mol. The molecule has 3 aromatic rings. The highest BCUT2D eigenvalue weighted by Gasteiger charge is 2.56. The fourth-order valence-electron chi connectivity index (χ4n) is 7.36. The summed E-state index contributed by atoms with van der Waals surface area (Å²) in [5, 5.41) is 12.8. The van der Waals surface area contributed by atoms with Crippen LogP contribution in [0.4, 0.5) is 0 Å². The second kappa shape index (κ2) is 10.6. The third-order valence-corrected chi connectivity index (χ3v) is 9.81. The van der Waals surface area contributed by atoms with Crippen LogP contribution in [-0.4, -0.2) is 38.6 Å². The Bertz CT molecular complexity index is 1460. The number of nitrogens with zero attached hydrogens (tertiary/aromatic N) is 4. The van der Waals surface area contributed by atoms with Gasteiger partial charge in [0.25, 0.3) is 5.91 Å². The number of amides is 1. The lowest BCUT2D eigenvalue weighted by Crippen LogP contribution is -2.55. The van der Waals surface area contributed by atoms with Crippen LogP contribution in [0.1, 0.15) is 60.2 Å². The molecule has 7 rings (SSSR count). The summed E-state index contributed by atoms with van der Waals surface area (Å²) < 4.78 is 0. The van der Waals surface area contributed by atoms with E-state index in [0.29, 0.717) is 48.2 Å². The number of fused-ring (bicyclic) bond motifs is 2. The number of hydrogen-bond acceptors (Lipinski definition) is 6. The van der Waals surface area contributed by atoms with Crippen LogP contribution in [0.25, 0.3) is 0 Å². The molecule has 4 fully saturated rings. The van der Waals surface area contributed by atoms with Gasteiger partial charge in [0.1, 0.15) is 11.4 Å². The lowest BCUT2D eigenvalue weighted by Gasteiger charge is -2.60. The minimum atomic E-state index is -0.966. The molecule has 3 unspecified atom stereocenters. The topological polar surface area (TPSA) is 99.0 Å². The highest BCUT2D eigenvalue weighted by Crippen LogP contribution is 2.61. The third kappa shape index (κ3) is 5.04. The van der Waals surface area contributed by atoms with Gasteiger partial charge in [0, 0.05) is 55.8 Å². The Morgan fingerprint density at radius 1 is 1.00 bits per heavy atom. The maximum atomic E-state index is 14.6. The van der Waals surface area contributed by atoms with E-state index in [1.165, 1.54) is 12.8 Å². The number of rotatable bonds is 8. The average molecular weight is 546 g/mol. The molecule has 1 saturated heterocycles. The fourth-order valence-corrected chi connectivity index (χ4v) is 7.36. The van der Waals surface area contributed by atoms with Crippen LogP contribution in [0, 0.1) is 34.5 Å². The number of nitriles is 1. The summed E-state index contributed by atoms with van der Waals surface area (Å²) >= 11 is 0. The number of pyridine rings is 2. The number of aromatic nitrogens is 2. The molecule has 1 aromatic carbocycles. The summed E-state index contributed by atoms with van der Waals surface area (Å²) in [4.78, 5) is 38.3. The van der Waals surface area contributed by atoms with Crippen LogP contribution in [0.3, 0.4) is 0 Å². The molecule has 2 bridgehead atoms. The third-order valence-electron chi connectivity index (χ3n) is 9.81. The van der Waals surface area contributed by atoms with E-state index in [9.17, 15) is 9.59 Å². The Hall–Kier alpha value is -4.31. The van der Waals surface area contributed by atoms with E-state index in [1.54, 1.807) is 55.1 Å². The van der Waals surface area contributed by atoms with Gasteiger partial charge in [-0.3, -0.25) is 24.5 Å². The lowest BCUT2D eigenvalue weighted by atomic mass is 9.45. The van der Waals surface area contributed by atoms with Gasteiger partial charge in [0.15, 0.2) is 5.78 Å². The first-order valence-electron chi connectivity index (χ1n) is 14.4. The first kappa shape index (κ1) is 26.9. The first-order chi connectivity index (χ1) is 19.8. The van der Waals surface area contributed by atoms with Gasteiger partial charge in [-0.25, -0.2) is 0 Å². The van der Waals surface area contributed by atoms with Gasteiger partial charge in [-0.05, 0) is 102 Å². The summed E-state index contributed by atoms with van der Waals surface area (Å²) in [5.41, 5.74) is 2.29. The van der Waals surface area contributed by atoms with E-state index in [2.05, 4.69) is 35.2 Å². The second-order valence-electron chi connectivity index (χ2n) is 12.5. The molecular formula is C34H35N5O2. The Morgan fingerprint density at radius 3 is 2.15 bits per heavy atom. The van der Waals surface area contributed by atoms with Crippen LogP contribution >= 0.6 is 0 Å². The molecule has 0 spiro atoms. The summed E-state index contributed by atoms with van der Waals surface area (Å²) in [6, 6.07) is 16.5. The maximum absolute atomic E-state index is 14.6. The van der Waals surface area contributed by atoms with Gasteiger partial charge in [-0.2, -0.15) is 5.26 Å². The zero-order valence-corrected chi connectivity index (χ0v) is 23.6.